The number of hydrogen-bond acceptors (Lipinski definition) is 2. The second kappa shape index (κ2) is 6.69. The minimum absolute atomic E-state index is 0.0329. The van der Waals surface area contributed by atoms with Crippen molar-refractivity contribution >= 4 is 23.3 Å². The third-order valence-electron chi connectivity index (χ3n) is 5.13. The number of rotatable bonds is 2. The Kier molecular flexibility index (Phi) is 4.37. The third kappa shape index (κ3) is 3.17. The summed E-state index contributed by atoms with van der Waals surface area (Å²) in [5.74, 6) is -0.686. The summed E-state index contributed by atoms with van der Waals surface area (Å²) in [6.45, 7) is 0. The van der Waals surface area contributed by atoms with Crippen LogP contribution in [0.25, 0.3) is 0 Å². The Morgan fingerprint density at radius 3 is 2.46 bits per heavy atom. The molecular formula is C21H17ClFNO2. The minimum Gasteiger partial charge on any atom is -0.329 e. The maximum atomic E-state index is 13.2. The molecule has 2 atom stereocenters. The molecule has 2 unspecified atom stereocenters. The maximum Gasteiger partial charge on any atom is 0.225 e. The first-order valence-corrected chi connectivity index (χ1v) is 8.96. The van der Waals surface area contributed by atoms with Gasteiger partial charge in [-0.3, -0.25) is 9.59 Å². The quantitative estimate of drug-likeness (QED) is 0.848. The zero-order chi connectivity index (χ0) is 18.3. The van der Waals surface area contributed by atoms with Crippen molar-refractivity contribution in [3.05, 3.63) is 81.8 Å². The van der Waals surface area contributed by atoms with Crippen LogP contribution in [0.5, 0.6) is 0 Å². The van der Waals surface area contributed by atoms with Crippen LogP contribution >= 0.6 is 11.6 Å². The lowest BCUT2D eigenvalue weighted by Gasteiger charge is -2.34. The lowest BCUT2D eigenvalue weighted by atomic mass is 9.73. The van der Waals surface area contributed by atoms with E-state index in [1.165, 1.54) is 12.1 Å². The molecular weight excluding hydrogens is 353 g/mol. The van der Waals surface area contributed by atoms with Crippen LogP contribution in [0.2, 0.25) is 5.02 Å². The number of benzene rings is 2. The molecule has 2 aromatic carbocycles. The number of amides is 1. The lowest BCUT2D eigenvalue weighted by Crippen LogP contribution is -2.38. The fourth-order valence-corrected chi connectivity index (χ4v) is 4.14. The van der Waals surface area contributed by atoms with Gasteiger partial charge >= 0.3 is 0 Å². The van der Waals surface area contributed by atoms with Gasteiger partial charge in [-0.1, -0.05) is 35.9 Å². The summed E-state index contributed by atoms with van der Waals surface area (Å²) < 4.78 is 13.2. The summed E-state index contributed by atoms with van der Waals surface area (Å²) in [5.41, 5.74) is 3.17. The molecule has 1 N–H and O–H groups in total. The van der Waals surface area contributed by atoms with Gasteiger partial charge in [-0.15, -0.1) is 0 Å². The predicted molar refractivity (Wildman–Crippen MR) is 97.4 cm³/mol. The van der Waals surface area contributed by atoms with E-state index in [0.717, 1.165) is 11.1 Å². The number of nitrogens with one attached hydrogen (secondary N) is 1. The van der Waals surface area contributed by atoms with Gasteiger partial charge in [0.25, 0.3) is 0 Å². The molecule has 1 heterocycles. The van der Waals surface area contributed by atoms with Crippen LogP contribution in [0, 0.1) is 5.82 Å². The van der Waals surface area contributed by atoms with Crippen molar-refractivity contribution in [3.63, 3.8) is 0 Å². The Balaban J connectivity index is 1.71. The fourth-order valence-electron chi connectivity index (χ4n) is 3.94. The second-order valence-electron chi connectivity index (χ2n) is 6.83. The summed E-state index contributed by atoms with van der Waals surface area (Å²) in [4.78, 5) is 25.2. The van der Waals surface area contributed by atoms with Gasteiger partial charge in [0.2, 0.25) is 5.91 Å². The van der Waals surface area contributed by atoms with E-state index in [4.69, 9.17) is 11.6 Å². The van der Waals surface area contributed by atoms with E-state index in [2.05, 4.69) is 5.32 Å². The average molecular weight is 370 g/mol. The molecule has 5 heteroatoms. The van der Waals surface area contributed by atoms with E-state index in [9.17, 15) is 14.0 Å². The number of ketones is 1. The topological polar surface area (TPSA) is 46.2 Å². The highest BCUT2D eigenvalue weighted by Crippen LogP contribution is 2.42. The first kappa shape index (κ1) is 17.0. The molecule has 2 aliphatic rings. The van der Waals surface area contributed by atoms with Crippen LogP contribution in [-0.2, 0) is 9.59 Å². The molecule has 1 aliphatic carbocycles. The average Bonchev–Trinajstić information content (AvgIpc) is 2.61. The number of carbonyl (C=O) groups is 2. The van der Waals surface area contributed by atoms with Crippen molar-refractivity contribution < 1.29 is 14.0 Å². The highest BCUT2D eigenvalue weighted by molar-refractivity contribution is 6.30. The van der Waals surface area contributed by atoms with Crippen LogP contribution in [0.1, 0.15) is 42.2 Å². The molecule has 0 saturated heterocycles. The van der Waals surface area contributed by atoms with Gasteiger partial charge in [-0.25, -0.2) is 4.39 Å². The predicted octanol–water partition coefficient (Wildman–Crippen LogP) is 4.48. The molecule has 3 nitrogen and oxygen atoms in total. The number of Topliss-reactive ketones (excluding diaryl/α,β-unsaturated/α-hetero) is 1. The smallest absolute Gasteiger partial charge is 0.225 e. The highest BCUT2D eigenvalue weighted by Gasteiger charge is 2.38. The molecule has 0 aromatic heterocycles. The lowest BCUT2D eigenvalue weighted by molar-refractivity contribution is -0.122. The normalized spacial score (nSPS) is 22.8. The largest absolute Gasteiger partial charge is 0.329 e. The monoisotopic (exact) mass is 369 g/mol. The molecule has 0 bridgehead atoms. The van der Waals surface area contributed by atoms with E-state index in [-0.39, 0.29) is 35.8 Å². The Hall–Kier alpha value is -2.46. The first-order chi connectivity index (χ1) is 12.5. The maximum absolute atomic E-state index is 13.2. The van der Waals surface area contributed by atoms with Crippen LogP contribution in [0.4, 0.5) is 4.39 Å². The zero-order valence-electron chi connectivity index (χ0n) is 14.0. The molecule has 1 aliphatic heterocycles. The van der Waals surface area contributed by atoms with Crippen molar-refractivity contribution in [3.8, 4) is 0 Å². The molecule has 4 rings (SSSR count). The van der Waals surface area contributed by atoms with E-state index in [1.54, 1.807) is 18.2 Å². The van der Waals surface area contributed by atoms with Crippen LogP contribution in [0.15, 0.2) is 59.8 Å². The van der Waals surface area contributed by atoms with E-state index < -0.39 is 0 Å². The van der Waals surface area contributed by atoms with Gasteiger partial charge in [-0.2, -0.15) is 0 Å². The molecule has 132 valence electrons. The van der Waals surface area contributed by atoms with E-state index in [1.807, 2.05) is 18.2 Å². The van der Waals surface area contributed by atoms with E-state index in [0.29, 0.717) is 29.1 Å². The molecule has 26 heavy (non-hydrogen) atoms. The van der Waals surface area contributed by atoms with Gasteiger partial charge < -0.3 is 5.32 Å². The summed E-state index contributed by atoms with van der Waals surface area (Å²) in [6, 6.07) is 13.5. The van der Waals surface area contributed by atoms with Gasteiger partial charge in [0, 0.05) is 35.1 Å². The van der Waals surface area contributed by atoms with Crippen LogP contribution in [0.3, 0.4) is 0 Å². The van der Waals surface area contributed by atoms with Crippen molar-refractivity contribution in [1.82, 2.24) is 5.32 Å². The number of carbonyl (C=O) groups excluding carboxylic acids is 2. The minimum atomic E-state index is -0.303. The molecule has 1 amide bonds. The Morgan fingerprint density at radius 1 is 0.962 bits per heavy atom. The molecule has 0 spiro atoms. The van der Waals surface area contributed by atoms with Gasteiger partial charge in [0.05, 0.1) is 0 Å². The van der Waals surface area contributed by atoms with Crippen molar-refractivity contribution in [2.45, 2.75) is 31.1 Å². The molecule has 0 fully saturated rings. The molecule has 0 radical (unpaired) electrons. The number of allylic oxidation sites excluding steroid dienone is 2. The van der Waals surface area contributed by atoms with Crippen LogP contribution < -0.4 is 5.32 Å². The summed E-state index contributed by atoms with van der Waals surface area (Å²) in [6.07, 6.45) is 1.17. The van der Waals surface area contributed by atoms with Crippen LogP contribution in [-0.4, -0.2) is 11.7 Å². The van der Waals surface area contributed by atoms with Crippen molar-refractivity contribution in [2.75, 3.05) is 0 Å². The van der Waals surface area contributed by atoms with Gasteiger partial charge in [0.15, 0.2) is 5.78 Å². The molecule has 2 aromatic rings. The van der Waals surface area contributed by atoms with Gasteiger partial charge in [-0.05, 0) is 47.7 Å². The SMILES string of the molecule is O=C1CC(c2cccc(Cl)c2)C2=C(CC(c3ccc(F)cc3)CC2=O)N1. The van der Waals surface area contributed by atoms with Crippen molar-refractivity contribution in [2.24, 2.45) is 0 Å². The summed E-state index contributed by atoms with van der Waals surface area (Å²) >= 11 is 6.10. The Morgan fingerprint density at radius 2 is 1.73 bits per heavy atom. The number of halogens is 2. The highest BCUT2D eigenvalue weighted by atomic mass is 35.5. The first-order valence-electron chi connectivity index (χ1n) is 8.58. The third-order valence-corrected chi connectivity index (χ3v) is 5.36. The van der Waals surface area contributed by atoms with E-state index >= 15 is 0 Å². The van der Waals surface area contributed by atoms with Crippen molar-refractivity contribution in [1.29, 1.82) is 0 Å². The fraction of sp³-hybridized carbons (Fsp3) is 0.238. The summed E-state index contributed by atoms with van der Waals surface area (Å²) in [7, 11) is 0. The Labute approximate surface area is 155 Å². The summed E-state index contributed by atoms with van der Waals surface area (Å²) in [5, 5.41) is 3.47. The van der Waals surface area contributed by atoms with Gasteiger partial charge in [0.1, 0.15) is 5.82 Å². The Bertz CT molecular complexity index is 920. The standard InChI is InChI=1S/C21H17ClFNO2/c22-15-3-1-2-13(8-15)17-11-20(26)24-18-9-14(10-19(25)21(17)18)12-4-6-16(23)7-5-12/h1-8,14,17H,9-11H2,(H,24,26). The zero-order valence-corrected chi connectivity index (χ0v) is 14.7. The number of hydrogen-bond donors (Lipinski definition) is 1. The molecule has 0 saturated carbocycles. The second-order valence-corrected chi connectivity index (χ2v) is 7.27.